The quantitative estimate of drug-likeness (QED) is 0.895. The van der Waals surface area contributed by atoms with Crippen molar-refractivity contribution in [2.24, 2.45) is 0 Å². The average molecular weight is 254 g/mol. The molecule has 0 aliphatic carbocycles. The molecule has 0 radical (unpaired) electrons. The van der Waals surface area contributed by atoms with Gasteiger partial charge in [-0.3, -0.25) is 4.79 Å². The van der Waals surface area contributed by atoms with Crippen molar-refractivity contribution in [3.05, 3.63) is 59.2 Å². The maximum Gasteiger partial charge on any atom is 0.303 e. The lowest BCUT2D eigenvalue weighted by molar-refractivity contribution is -0.136. The van der Waals surface area contributed by atoms with Gasteiger partial charge in [0.15, 0.2) is 0 Å². The molecule has 1 N–H and O–H groups in total. The second-order valence-electron chi connectivity index (χ2n) is 4.97. The lowest BCUT2D eigenvalue weighted by Crippen LogP contribution is -1.97. The molecule has 0 saturated carbocycles. The van der Waals surface area contributed by atoms with Crippen molar-refractivity contribution in [3.8, 4) is 11.1 Å². The van der Waals surface area contributed by atoms with Crippen molar-refractivity contribution < 1.29 is 9.90 Å². The molecule has 0 unspecified atom stereocenters. The molecule has 0 heterocycles. The van der Waals surface area contributed by atoms with E-state index in [2.05, 4.69) is 44.2 Å². The number of benzene rings is 2. The average Bonchev–Trinajstić information content (AvgIpc) is 2.35. The van der Waals surface area contributed by atoms with Crippen LogP contribution in [-0.4, -0.2) is 11.1 Å². The summed E-state index contributed by atoms with van der Waals surface area (Å²) in [7, 11) is 0. The van der Waals surface area contributed by atoms with Crippen LogP contribution in [0.15, 0.2) is 42.5 Å². The Morgan fingerprint density at radius 2 is 1.68 bits per heavy atom. The summed E-state index contributed by atoms with van der Waals surface area (Å²) in [6.45, 7) is 4.18. The number of carbonyl (C=O) groups is 1. The third-order valence-corrected chi connectivity index (χ3v) is 3.11. The zero-order valence-electron chi connectivity index (χ0n) is 11.3. The van der Waals surface area contributed by atoms with E-state index in [9.17, 15) is 4.79 Å². The molecule has 0 amide bonds. The van der Waals surface area contributed by atoms with Crippen LogP contribution in [0.5, 0.6) is 0 Å². The molecule has 0 aliphatic rings. The van der Waals surface area contributed by atoms with E-state index in [0.717, 1.165) is 11.1 Å². The van der Waals surface area contributed by atoms with Crippen molar-refractivity contribution in [2.75, 3.05) is 0 Å². The van der Waals surface area contributed by atoms with Gasteiger partial charge in [-0.05, 0) is 37.0 Å². The molecular weight excluding hydrogens is 236 g/mol. The molecule has 2 nitrogen and oxygen atoms in total. The van der Waals surface area contributed by atoms with Gasteiger partial charge in [0.05, 0.1) is 0 Å². The number of aliphatic carboxylic acids is 1. The standard InChI is InChI=1S/C17H18O2/c1-12-8-13(2)10-16(9-12)15-5-3-4-14(11-15)6-7-17(18)19/h3-5,8-11H,6-7H2,1-2H3,(H,18,19). The van der Waals surface area contributed by atoms with Crippen molar-refractivity contribution in [3.63, 3.8) is 0 Å². The minimum absolute atomic E-state index is 0.177. The number of hydrogen-bond acceptors (Lipinski definition) is 1. The van der Waals surface area contributed by atoms with E-state index in [-0.39, 0.29) is 6.42 Å². The van der Waals surface area contributed by atoms with Gasteiger partial charge >= 0.3 is 5.97 Å². The van der Waals surface area contributed by atoms with Crippen molar-refractivity contribution in [1.82, 2.24) is 0 Å². The fraction of sp³-hybridized carbons (Fsp3) is 0.235. The predicted molar refractivity (Wildman–Crippen MR) is 77.3 cm³/mol. The van der Waals surface area contributed by atoms with Gasteiger partial charge in [-0.15, -0.1) is 0 Å². The largest absolute Gasteiger partial charge is 0.481 e. The zero-order chi connectivity index (χ0) is 13.8. The summed E-state index contributed by atoms with van der Waals surface area (Å²) in [5, 5.41) is 8.73. The number of aryl methyl sites for hydroxylation is 3. The van der Waals surface area contributed by atoms with E-state index in [1.807, 2.05) is 12.1 Å². The number of rotatable bonds is 4. The van der Waals surface area contributed by atoms with Crippen molar-refractivity contribution >= 4 is 5.97 Å². The van der Waals surface area contributed by atoms with Crippen LogP contribution in [0.1, 0.15) is 23.1 Å². The minimum atomic E-state index is -0.753. The molecule has 2 heteroatoms. The zero-order valence-corrected chi connectivity index (χ0v) is 11.3. The Hall–Kier alpha value is -2.09. The van der Waals surface area contributed by atoms with Crippen LogP contribution < -0.4 is 0 Å². The molecule has 0 aromatic heterocycles. The van der Waals surface area contributed by atoms with E-state index < -0.39 is 5.97 Å². The first kappa shape index (κ1) is 13.3. The molecule has 0 spiro atoms. The van der Waals surface area contributed by atoms with Crippen LogP contribution in [0.3, 0.4) is 0 Å². The SMILES string of the molecule is Cc1cc(C)cc(-c2cccc(CCC(=O)O)c2)c1. The van der Waals surface area contributed by atoms with Crippen LogP contribution in [0.4, 0.5) is 0 Å². The highest BCUT2D eigenvalue weighted by atomic mass is 16.4. The molecule has 98 valence electrons. The summed E-state index contributed by atoms with van der Waals surface area (Å²) in [4.78, 5) is 10.6. The summed E-state index contributed by atoms with van der Waals surface area (Å²) < 4.78 is 0. The monoisotopic (exact) mass is 254 g/mol. The molecule has 0 bridgehead atoms. The molecule has 19 heavy (non-hydrogen) atoms. The fourth-order valence-electron chi connectivity index (χ4n) is 2.30. The van der Waals surface area contributed by atoms with Crippen molar-refractivity contribution in [1.29, 1.82) is 0 Å². The molecule has 2 rings (SSSR count). The van der Waals surface area contributed by atoms with Crippen molar-refractivity contribution in [2.45, 2.75) is 26.7 Å². The molecule has 0 saturated heterocycles. The Morgan fingerprint density at radius 1 is 1.00 bits per heavy atom. The Kier molecular flexibility index (Phi) is 4.00. The van der Waals surface area contributed by atoms with Gasteiger partial charge in [-0.25, -0.2) is 0 Å². The maximum atomic E-state index is 10.6. The van der Waals surface area contributed by atoms with Crippen LogP contribution in [0.25, 0.3) is 11.1 Å². The van der Waals surface area contributed by atoms with E-state index in [0.29, 0.717) is 6.42 Å². The van der Waals surface area contributed by atoms with Gasteiger partial charge in [-0.2, -0.15) is 0 Å². The highest BCUT2D eigenvalue weighted by Crippen LogP contribution is 2.23. The summed E-state index contributed by atoms with van der Waals surface area (Å²) in [5.74, 6) is -0.753. The van der Waals surface area contributed by atoms with Crippen LogP contribution in [0, 0.1) is 13.8 Å². The molecule has 0 aliphatic heterocycles. The number of carboxylic acids is 1. The van der Waals surface area contributed by atoms with Gasteiger partial charge < -0.3 is 5.11 Å². The van der Waals surface area contributed by atoms with Crippen LogP contribution in [-0.2, 0) is 11.2 Å². The lowest BCUT2D eigenvalue weighted by atomic mass is 9.98. The smallest absolute Gasteiger partial charge is 0.303 e. The second kappa shape index (κ2) is 5.70. The topological polar surface area (TPSA) is 37.3 Å². The minimum Gasteiger partial charge on any atom is -0.481 e. The Bertz CT molecular complexity index is 580. The molecular formula is C17H18O2. The lowest BCUT2D eigenvalue weighted by Gasteiger charge is -2.07. The first-order chi connectivity index (χ1) is 9.04. The third-order valence-electron chi connectivity index (χ3n) is 3.11. The summed E-state index contributed by atoms with van der Waals surface area (Å²) in [6, 6.07) is 14.6. The Balaban J connectivity index is 2.29. The first-order valence-electron chi connectivity index (χ1n) is 6.44. The van der Waals surface area contributed by atoms with Gasteiger partial charge in [-0.1, -0.05) is 53.6 Å². The molecule has 0 atom stereocenters. The van der Waals surface area contributed by atoms with Gasteiger partial charge in [0.2, 0.25) is 0 Å². The summed E-state index contributed by atoms with van der Waals surface area (Å²) >= 11 is 0. The van der Waals surface area contributed by atoms with Gasteiger partial charge in [0, 0.05) is 6.42 Å². The number of hydrogen-bond donors (Lipinski definition) is 1. The van der Waals surface area contributed by atoms with Gasteiger partial charge in [0.1, 0.15) is 0 Å². The first-order valence-corrected chi connectivity index (χ1v) is 6.44. The highest BCUT2D eigenvalue weighted by molar-refractivity contribution is 5.68. The van der Waals surface area contributed by atoms with Gasteiger partial charge in [0.25, 0.3) is 0 Å². The highest BCUT2D eigenvalue weighted by Gasteiger charge is 2.03. The molecule has 0 fully saturated rings. The normalized spacial score (nSPS) is 10.4. The molecule has 2 aromatic carbocycles. The Labute approximate surface area is 113 Å². The van der Waals surface area contributed by atoms with E-state index in [1.54, 1.807) is 0 Å². The molecule has 2 aromatic rings. The number of carboxylic acid groups (broad SMARTS) is 1. The van der Waals surface area contributed by atoms with Crippen LogP contribution in [0.2, 0.25) is 0 Å². The van der Waals surface area contributed by atoms with E-state index in [4.69, 9.17) is 5.11 Å². The Morgan fingerprint density at radius 3 is 2.32 bits per heavy atom. The second-order valence-corrected chi connectivity index (χ2v) is 4.97. The third kappa shape index (κ3) is 3.68. The summed E-state index contributed by atoms with van der Waals surface area (Å²) in [5.41, 5.74) is 5.89. The fourth-order valence-corrected chi connectivity index (χ4v) is 2.30. The summed E-state index contributed by atoms with van der Waals surface area (Å²) in [6.07, 6.45) is 0.754. The van der Waals surface area contributed by atoms with E-state index >= 15 is 0 Å². The maximum absolute atomic E-state index is 10.6. The predicted octanol–water partition coefficient (Wildman–Crippen LogP) is 3.99. The van der Waals surface area contributed by atoms with Crippen LogP contribution >= 0.6 is 0 Å². The van der Waals surface area contributed by atoms with E-state index in [1.165, 1.54) is 16.7 Å².